The molecule has 0 atom stereocenters. The summed E-state index contributed by atoms with van der Waals surface area (Å²) < 4.78 is 10.6. The summed E-state index contributed by atoms with van der Waals surface area (Å²) in [6.45, 7) is 7.08. The molecule has 1 aromatic rings. The van der Waals surface area contributed by atoms with Crippen molar-refractivity contribution in [1.29, 1.82) is 0 Å². The van der Waals surface area contributed by atoms with Gasteiger partial charge in [0.2, 0.25) is 0 Å². The van der Waals surface area contributed by atoms with Crippen molar-refractivity contribution >= 4 is 0 Å². The summed E-state index contributed by atoms with van der Waals surface area (Å²) in [6, 6.07) is 0. The molecule has 0 saturated heterocycles. The molecule has 1 aromatic heterocycles. The number of nitrogens with zero attached hydrogens (tertiary/aromatic N) is 2. The van der Waals surface area contributed by atoms with E-state index in [-0.39, 0.29) is 5.54 Å². The Kier molecular flexibility index (Phi) is 5.58. The summed E-state index contributed by atoms with van der Waals surface area (Å²) in [7, 11) is 0. The first-order valence-electron chi connectivity index (χ1n) is 6.31. The molecule has 0 aliphatic carbocycles. The van der Waals surface area contributed by atoms with Crippen LogP contribution in [0.5, 0.6) is 0 Å². The highest BCUT2D eigenvalue weighted by molar-refractivity contribution is 4.85. The van der Waals surface area contributed by atoms with E-state index in [4.69, 9.17) is 15.0 Å². The lowest BCUT2D eigenvalue weighted by molar-refractivity contribution is 0.0542. The quantitative estimate of drug-likeness (QED) is 0.754. The fraction of sp³-hybridized carbons (Fsp3) is 0.833. The maximum Gasteiger partial charge on any atom is 0.252 e. The average molecular weight is 241 g/mol. The van der Waals surface area contributed by atoms with Crippen molar-refractivity contribution in [2.45, 2.75) is 58.6 Å². The van der Waals surface area contributed by atoms with Crippen molar-refractivity contribution in [3.05, 3.63) is 11.7 Å². The molecule has 0 saturated carbocycles. The normalized spacial score (nSPS) is 12.0. The highest BCUT2D eigenvalue weighted by Gasteiger charge is 2.20. The summed E-state index contributed by atoms with van der Waals surface area (Å²) in [5.74, 6) is 1.28. The Morgan fingerprint density at radius 2 is 2.00 bits per heavy atom. The lowest BCUT2D eigenvalue weighted by atomic mass is 9.96. The average Bonchev–Trinajstić information content (AvgIpc) is 2.77. The second kappa shape index (κ2) is 6.71. The lowest BCUT2D eigenvalue weighted by Crippen LogP contribution is -2.43. The van der Waals surface area contributed by atoms with E-state index in [1.54, 1.807) is 0 Å². The molecule has 98 valence electrons. The van der Waals surface area contributed by atoms with Gasteiger partial charge in [-0.1, -0.05) is 25.9 Å². The lowest BCUT2D eigenvalue weighted by Gasteiger charge is -2.25. The van der Waals surface area contributed by atoms with Gasteiger partial charge in [-0.25, -0.2) is 0 Å². The van der Waals surface area contributed by atoms with Crippen molar-refractivity contribution in [1.82, 2.24) is 10.1 Å². The van der Waals surface area contributed by atoms with Crippen LogP contribution in [0.25, 0.3) is 0 Å². The van der Waals surface area contributed by atoms with Crippen LogP contribution in [0.3, 0.4) is 0 Å². The number of hydrogen-bond donors (Lipinski definition) is 1. The number of nitrogens with two attached hydrogens (primary N) is 1. The molecule has 1 heterocycles. The van der Waals surface area contributed by atoms with Crippen LogP contribution >= 0.6 is 0 Å². The third-order valence-electron chi connectivity index (χ3n) is 3.01. The van der Waals surface area contributed by atoms with Gasteiger partial charge in [-0.05, 0) is 19.3 Å². The Morgan fingerprint density at radius 3 is 2.59 bits per heavy atom. The highest BCUT2D eigenvalue weighted by atomic mass is 16.5. The zero-order chi connectivity index (χ0) is 12.7. The molecule has 5 nitrogen and oxygen atoms in total. The van der Waals surface area contributed by atoms with Gasteiger partial charge in [0.05, 0.1) is 6.61 Å². The summed E-state index contributed by atoms with van der Waals surface area (Å²) in [4.78, 5) is 4.23. The third kappa shape index (κ3) is 4.44. The van der Waals surface area contributed by atoms with Crippen molar-refractivity contribution in [3.63, 3.8) is 0 Å². The van der Waals surface area contributed by atoms with E-state index in [1.807, 2.05) is 0 Å². The standard InChI is InChI=1S/C12H23N3O2/c1-4-7-10-14-11(17-15-10)8-16-9-12(13,5-2)6-3/h4-9,13H2,1-3H3. The van der Waals surface area contributed by atoms with E-state index in [0.717, 1.165) is 31.5 Å². The van der Waals surface area contributed by atoms with Crippen LogP contribution in [0.4, 0.5) is 0 Å². The Morgan fingerprint density at radius 1 is 1.29 bits per heavy atom. The van der Waals surface area contributed by atoms with Crippen LogP contribution in [0.1, 0.15) is 51.7 Å². The van der Waals surface area contributed by atoms with Crippen LogP contribution in [-0.4, -0.2) is 22.3 Å². The van der Waals surface area contributed by atoms with Gasteiger partial charge in [0.1, 0.15) is 6.61 Å². The highest BCUT2D eigenvalue weighted by Crippen LogP contribution is 2.12. The first kappa shape index (κ1) is 14.1. The van der Waals surface area contributed by atoms with Crippen LogP contribution in [0.2, 0.25) is 0 Å². The predicted octanol–water partition coefficient (Wildman–Crippen LogP) is 2.06. The fourth-order valence-electron chi connectivity index (χ4n) is 1.47. The van der Waals surface area contributed by atoms with Crippen molar-refractivity contribution in [2.75, 3.05) is 6.61 Å². The Balaban J connectivity index is 2.34. The predicted molar refractivity (Wildman–Crippen MR) is 65.4 cm³/mol. The van der Waals surface area contributed by atoms with Crippen LogP contribution in [0.15, 0.2) is 4.52 Å². The van der Waals surface area contributed by atoms with Gasteiger partial charge in [0, 0.05) is 12.0 Å². The minimum Gasteiger partial charge on any atom is -0.370 e. The zero-order valence-corrected chi connectivity index (χ0v) is 11.0. The van der Waals surface area contributed by atoms with E-state index in [2.05, 4.69) is 30.9 Å². The molecule has 0 aliphatic rings. The van der Waals surface area contributed by atoms with Crippen LogP contribution in [0, 0.1) is 0 Å². The third-order valence-corrected chi connectivity index (χ3v) is 3.01. The monoisotopic (exact) mass is 241 g/mol. The maximum atomic E-state index is 6.12. The van der Waals surface area contributed by atoms with E-state index < -0.39 is 0 Å². The summed E-state index contributed by atoms with van der Waals surface area (Å²) in [6.07, 6.45) is 3.65. The molecule has 0 fully saturated rings. The fourth-order valence-corrected chi connectivity index (χ4v) is 1.47. The van der Waals surface area contributed by atoms with Crippen molar-refractivity contribution < 1.29 is 9.26 Å². The minimum atomic E-state index is -0.244. The molecule has 17 heavy (non-hydrogen) atoms. The molecule has 1 rings (SSSR count). The Bertz CT molecular complexity index is 321. The number of aryl methyl sites for hydroxylation is 1. The van der Waals surface area contributed by atoms with Gasteiger partial charge < -0.3 is 15.0 Å². The van der Waals surface area contributed by atoms with E-state index >= 15 is 0 Å². The first-order chi connectivity index (χ1) is 8.13. The largest absolute Gasteiger partial charge is 0.370 e. The zero-order valence-electron chi connectivity index (χ0n) is 11.0. The molecule has 0 bridgehead atoms. The Hall–Kier alpha value is -0.940. The van der Waals surface area contributed by atoms with Gasteiger partial charge in [0.15, 0.2) is 5.82 Å². The van der Waals surface area contributed by atoms with Crippen LogP contribution in [-0.2, 0) is 17.8 Å². The van der Waals surface area contributed by atoms with E-state index in [1.165, 1.54) is 0 Å². The van der Waals surface area contributed by atoms with Gasteiger partial charge >= 0.3 is 0 Å². The first-order valence-corrected chi connectivity index (χ1v) is 6.31. The second-order valence-electron chi connectivity index (χ2n) is 4.42. The summed E-state index contributed by atoms with van der Waals surface area (Å²) >= 11 is 0. The SMILES string of the molecule is CCCc1noc(COCC(N)(CC)CC)n1. The Labute approximate surface area is 103 Å². The van der Waals surface area contributed by atoms with Gasteiger partial charge in [-0.3, -0.25) is 0 Å². The van der Waals surface area contributed by atoms with E-state index in [9.17, 15) is 0 Å². The van der Waals surface area contributed by atoms with E-state index in [0.29, 0.717) is 19.1 Å². The number of rotatable bonds is 8. The maximum absolute atomic E-state index is 6.12. The molecule has 0 aliphatic heterocycles. The molecule has 0 amide bonds. The second-order valence-corrected chi connectivity index (χ2v) is 4.42. The van der Waals surface area contributed by atoms with Gasteiger partial charge in [-0.15, -0.1) is 0 Å². The molecular formula is C12H23N3O2. The number of aromatic nitrogens is 2. The molecule has 0 unspecified atom stereocenters. The molecular weight excluding hydrogens is 218 g/mol. The molecule has 0 spiro atoms. The smallest absolute Gasteiger partial charge is 0.252 e. The van der Waals surface area contributed by atoms with Crippen LogP contribution < -0.4 is 5.73 Å². The number of ether oxygens (including phenoxy) is 1. The molecule has 5 heteroatoms. The number of hydrogen-bond acceptors (Lipinski definition) is 5. The summed E-state index contributed by atoms with van der Waals surface area (Å²) in [5, 5.41) is 3.86. The van der Waals surface area contributed by atoms with Gasteiger partial charge in [0.25, 0.3) is 5.89 Å². The van der Waals surface area contributed by atoms with Gasteiger partial charge in [-0.2, -0.15) is 4.98 Å². The van der Waals surface area contributed by atoms with Crippen molar-refractivity contribution in [2.24, 2.45) is 5.73 Å². The molecule has 0 aromatic carbocycles. The van der Waals surface area contributed by atoms with Crippen molar-refractivity contribution in [3.8, 4) is 0 Å². The molecule has 0 radical (unpaired) electrons. The minimum absolute atomic E-state index is 0.244. The molecule has 2 N–H and O–H groups in total. The summed E-state index contributed by atoms with van der Waals surface area (Å²) in [5.41, 5.74) is 5.88. The topological polar surface area (TPSA) is 74.2 Å².